The summed E-state index contributed by atoms with van der Waals surface area (Å²) in [6, 6.07) is 5.45. The molecule has 0 saturated heterocycles. The molecule has 0 aliphatic rings. The molecule has 106 valence electrons. The summed E-state index contributed by atoms with van der Waals surface area (Å²) >= 11 is 11.8. The molecule has 0 unspecified atom stereocenters. The molecule has 0 fully saturated rings. The van der Waals surface area contributed by atoms with Crippen LogP contribution in [0.2, 0.25) is 10.0 Å². The lowest BCUT2D eigenvalue weighted by Crippen LogP contribution is -2.32. The molecule has 0 aliphatic heterocycles. The van der Waals surface area contributed by atoms with Crippen molar-refractivity contribution in [1.29, 1.82) is 0 Å². The van der Waals surface area contributed by atoms with Crippen molar-refractivity contribution in [1.82, 2.24) is 10.6 Å². The molecular formula is C14H20Cl2N2O. The van der Waals surface area contributed by atoms with Gasteiger partial charge in [-0.2, -0.15) is 0 Å². The van der Waals surface area contributed by atoms with Gasteiger partial charge in [0.05, 0.1) is 10.0 Å². The Labute approximate surface area is 124 Å². The molecule has 1 aromatic carbocycles. The number of hydrogen-bond acceptors (Lipinski definition) is 2. The summed E-state index contributed by atoms with van der Waals surface area (Å²) in [5.74, 6) is 0.0596. The maximum Gasteiger partial charge on any atom is 0.220 e. The third-order valence-electron chi connectivity index (χ3n) is 2.68. The Kier molecular flexibility index (Phi) is 7.87. The van der Waals surface area contributed by atoms with Crippen molar-refractivity contribution >= 4 is 29.1 Å². The Balaban J connectivity index is 2.20. The molecule has 5 heteroatoms. The molecule has 1 amide bonds. The fourth-order valence-corrected chi connectivity index (χ4v) is 1.95. The van der Waals surface area contributed by atoms with Crippen molar-refractivity contribution < 1.29 is 4.79 Å². The van der Waals surface area contributed by atoms with Crippen molar-refractivity contribution in [3.05, 3.63) is 33.8 Å². The van der Waals surface area contributed by atoms with Crippen LogP contribution in [0, 0.1) is 0 Å². The van der Waals surface area contributed by atoms with Gasteiger partial charge in [0.2, 0.25) is 5.91 Å². The zero-order valence-corrected chi connectivity index (χ0v) is 12.7. The zero-order valence-electron chi connectivity index (χ0n) is 11.1. The van der Waals surface area contributed by atoms with Gasteiger partial charge < -0.3 is 10.6 Å². The SMILES string of the molecule is CCCNCCNC(=O)CCc1ccc(Cl)c(Cl)c1. The van der Waals surface area contributed by atoms with Crippen molar-refractivity contribution in [3.63, 3.8) is 0 Å². The number of nitrogens with one attached hydrogen (secondary N) is 2. The fraction of sp³-hybridized carbons (Fsp3) is 0.500. The minimum Gasteiger partial charge on any atom is -0.355 e. The van der Waals surface area contributed by atoms with E-state index in [4.69, 9.17) is 23.2 Å². The molecule has 0 spiro atoms. The second-order valence-corrected chi connectivity index (χ2v) is 5.16. The second-order valence-electron chi connectivity index (χ2n) is 4.35. The topological polar surface area (TPSA) is 41.1 Å². The van der Waals surface area contributed by atoms with E-state index in [0.29, 0.717) is 29.4 Å². The molecule has 0 heterocycles. The lowest BCUT2D eigenvalue weighted by molar-refractivity contribution is -0.121. The van der Waals surface area contributed by atoms with Crippen LogP contribution in [0.3, 0.4) is 0 Å². The molecule has 0 radical (unpaired) electrons. The summed E-state index contributed by atoms with van der Waals surface area (Å²) in [4.78, 5) is 11.6. The van der Waals surface area contributed by atoms with E-state index in [0.717, 1.165) is 25.1 Å². The molecular weight excluding hydrogens is 283 g/mol. The number of halogens is 2. The summed E-state index contributed by atoms with van der Waals surface area (Å²) in [5.41, 5.74) is 1.02. The van der Waals surface area contributed by atoms with Gasteiger partial charge in [-0.15, -0.1) is 0 Å². The first-order valence-electron chi connectivity index (χ1n) is 6.54. The van der Waals surface area contributed by atoms with Crippen LogP contribution in [-0.2, 0) is 11.2 Å². The van der Waals surface area contributed by atoms with E-state index in [1.807, 2.05) is 6.07 Å². The Morgan fingerprint density at radius 3 is 2.63 bits per heavy atom. The van der Waals surface area contributed by atoms with Crippen LogP contribution in [-0.4, -0.2) is 25.5 Å². The van der Waals surface area contributed by atoms with Gasteiger partial charge in [0.25, 0.3) is 0 Å². The predicted octanol–water partition coefficient (Wildman–Crippen LogP) is 3.04. The Bertz CT molecular complexity index is 410. The van der Waals surface area contributed by atoms with Crippen LogP contribution in [0.5, 0.6) is 0 Å². The number of aryl methyl sites for hydroxylation is 1. The van der Waals surface area contributed by atoms with Gasteiger partial charge in [0, 0.05) is 19.5 Å². The van der Waals surface area contributed by atoms with Gasteiger partial charge in [-0.05, 0) is 37.1 Å². The quantitative estimate of drug-likeness (QED) is 0.725. The van der Waals surface area contributed by atoms with E-state index in [-0.39, 0.29) is 5.91 Å². The van der Waals surface area contributed by atoms with Crippen molar-refractivity contribution in [2.24, 2.45) is 0 Å². The van der Waals surface area contributed by atoms with Crippen molar-refractivity contribution in [2.75, 3.05) is 19.6 Å². The molecule has 0 aliphatic carbocycles. The van der Waals surface area contributed by atoms with E-state index in [1.165, 1.54) is 0 Å². The predicted molar refractivity (Wildman–Crippen MR) is 81.0 cm³/mol. The summed E-state index contributed by atoms with van der Waals surface area (Å²) in [7, 11) is 0. The van der Waals surface area contributed by atoms with Crippen molar-refractivity contribution in [2.45, 2.75) is 26.2 Å². The standard InChI is InChI=1S/C14H20Cl2N2O/c1-2-7-17-8-9-18-14(19)6-4-11-3-5-12(15)13(16)10-11/h3,5,10,17H,2,4,6-9H2,1H3,(H,18,19). The molecule has 1 rings (SSSR count). The molecule has 0 saturated carbocycles. The molecule has 1 aromatic rings. The minimum atomic E-state index is 0.0596. The van der Waals surface area contributed by atoms with Crippen LogP contribution in [0.1, 0.15) is 25.3 Å². The molecule has 19 heavy (non-hydrogen) atoms. The smallest absolute Gasteiger partial charge is 0.220 e. The minimum absolute atomic E-state index is 0.0596. The second kappa shape index (κ2) is 9.18. The number of carbonyl (C=O) groups excluding carboxylic acids is 1. The number of rotatable bonds is 8. The summed E-state index contributed by atoms with van der Waals surface area (Å²) < 4.78 is 0. The van der Waals surface area contributed by atoms with E-state index >= 15 is 0 Å². The summed E-state index contributed by atoms with van der Waals surface area (Å²) in [6.07, 6.45) is 2.24. The lowest BCUT2D eigenvalue weighted by Gasteiger charge is -2.06. The number of benzene rings is 1. The molecule has 2 N–H and O–H groups in total. The van der Waals surface area contributed by atoms with Gasteiger partial charge in [-0.3, -0.25) is 4.79 Å². The van der Waals surface area contributed by atoms with Crippen LogP contribution >= 0.6 is 23.2 Å². The van der Waals surface area contributed by atoms with E-state index in [9.17, 15) is 4.79 Å². The lowest BCUT2D eigenvalue weighted by atomic mass is 10.1. The maximum absolute atomic E-state index is 11.6. The highest BCUT2D eigenvalue weighted by Crippen LogP contribution is 2.23. The largest absolute Gasteiger partial charge is 0.355 e. The first-order chi connectivity index (χ1) is 9.13. The molecule has 3 nitrogen and oxygen atoms in total. The van der Waals surface area contributed by atoms with Crippen LogP contribution < -0.4 is 10.6 Å². The third kappa shape index (κ3) is 6.81. The van der Waals surface area contributed by atoms with Crippen LogP contribution in [0.4, 0.5) is 0 Å². The van der Waals surface area contributed by atoms with Gasteiger partial charge in [0.1, 0.15) is 0 Å². The Morgan fingerprint density at radius 1 is 1.16 bits per heavy atom. The highest BCUT2D eigenvalue weighted by Gasteiger charge is 2.03. The van der Waals surface area contributed by atoms with Gasteiger partial charge in [-0.1, -0.05) is 36.2 Å². The third-order valence-corrected chi connectivity index (χ3v) is 3.41. The van der Waals surface area contributed by atoms with Gasteiger partial charge >= 0.3 is 0 Å². The summed E-state index contributed by atoms with van der Waals surface area (Å²) in [6.45, 7) is 4.58. The molecule has 0 atom stereocenters. The first-order valence-corrected chi connectivity index (χ1v) is 7.30. The maximum atomic E-state index is 11.6. The van der Waals surface area contributed by atoms with E-state index < -0.39 is 0 Å². The average Bonchev–Trinajstić information content (AvgIpc) is 2.40. The number of carbonyl (C=O) groups is 1. The Hall–Kier alpha value is -0.770. The van der Waals surface area contributed by atoms with Gasteiger partial charge in [-0.25, -0.2) is 0 Å². The molecule has 0 aromatic heterocycles. The summed E-state index contributed by atoms with van der Waals surface area (Å²) in [5, 5.41) is 7.18. The van der Waals surface area contributed by atoms with Crippen LogP contribution in [0.25, 0.3) is 0 Å². The monoisotopic (exact) mass is 302 g/mol. The molecule has 0 bridgehead atoms. The normalized spacial score (nSPS) is 10.5. The zero-order chi connectivity index (χ0) is 14.1. The van der Waals surface area contributed by atoms with E-state index in [1.54, 1.807) is 12.1 Å². The fourth-order valence-electron chi connectivity index (χ4n) is 1.63. The van der Waals surface area contributed by atoms with Crippen molar-refractivity contribution in [3.8, 4) is 0 Å². The van der Waals surface area contributed by atoms with Gasteiger partial charge in [0.15, 0.2) is 0 Å². The first kappa shape index (κ1) is 16.3. The average molecular weight is 303 g/mol. The van der Waals surface area contributed by atoms with E-state index in [2.05, 4.69) is 17.6 Å². The Morgan fingerprint density at radius 2 is 1.95 bits per heavy atom. The van der Waals surface area contributed by atoms with Crippen LogP contribution in [0.15, 0.2) is 18.2 Å². The highest BCUT2D eigenvalue weighted by atomic mass is 35.5. The highest BCUT2D eigenvalue weighted by molar-refractivity contribution is 6.42. The number of hydrogen-bond donors (Lipinski definition) is 2. The number of amides is 1.